The first-order valence-electron chi connectivity index (χ1n) is 5.16. The molecule has 0 aliphatic heterocycles. The Kier molecular flexibility index (Phi) is 2.91. The Morgan fingerprint density at radius 2 is 2.29 bits per heavy atom. The lowest BCUT2D eigenvalue weighted by molar-refractivity contribution is -0.107. The van der Waals surface area contributed by atoms with E-state index in [1.165, 1.54) is 12.8 Å². The molecule has 1 aliphatic rings. The molecule has 0 N–H and O–H groups in total. The van der Waals surface area contributed by atoms with Crippen molar-refractivity contribution in [1.82, 2.24) is 10.1 Å². The van der Waals surface area contributed by atoms with Gasteiger partial charge in [0, 0.05) is 18.8 Å². The topological polar surface area (TPSA) is 56.0 Å². The number of aromatic nitrogens is 2. The Morgan fingerprint density at radius 3 is 3.00 bits per heavy atom. The number of nitrogens with zero attached hydrogens (tertiary/aromatic N) is 2. The van der Waals surface area contributed by atoms with Crippen LogP contribution in [-0.4, -0.2) is 16.4 Å². The van der Waals surface area contributed by atoms with E-state index in [0.29, 0.717) is 12.3 Å². The highest BCUT2D eigenvalue weighted by Gasteiger charge is 2.28. The van der Waals surface area contributed by atoms with Gasteiger partial charge < -0.3 is 9.32 Å². The van der Waals surface area contributed by atoms with E-state index in [4.69, 9.17) is 4.52 Å². The van der Waals surface area contributed by atoms with E-state index in [1.807, 2.05) is 0 Å². The van der Waals surface area contributed by atoms with Crippen LogP contribution in [0, 0.1) is 0 Å². The van der Waals surface area contributed by atoms with Gasteiger partial charge in [-0.05, 0) is 25.7 Å². The number of carbonyl (C=O) groups is 1. The summed E-state index contributed by atoms with van der Waals surface area (Å²) in [6.07, 6.45) is 6.63. The summed E-state index contributed by atoms with van der Waals surface area (Å²) in [5.41, 5.74) is 0. The van der Waals surface area contributed by atoms with Crippen LogP contribution in [0.3, 0.4) is 0 Å². The van der Waals surface area contributed by atoms with Crippen molar-refractivity contribution in [3.8, 4) is 0 Å². The summed E-state index contributed by atoms with van der Waals surface area (Å²) >= 11 is 0. The molecule has 0 bridgehead atoms. The van der Waals surface area contributed by atoms with E-state index in [2.05, 4.69) is 10.1 Å². The van der Waals surface area contributed by atoms with Crippen molar-refractivity contribution in [2.45, 2.75) is 44.4 Å². The van der Waals surface area contributed by atoms with Crippen LogP contribution in [0.4, 0.5) is 0 Å². The van der Waals surface area contributed by atoms with Crippen LogP contribution in [0.1, 0.15) is 49.7 Å². The second-order valence-corrected chi connectivity index (χ2v) is 3.73. The zero-order valence-corrected chi connectivity index (χ0v) is 8.11. The lowest BCUT2D eigenvalue weighted by atomic mass is 10.2. The van der Waals surface area contributed by atoms with Gasteiger partial charge in [-0.25, -0.2) is 0 Å². The molecular weight excluding hydrogens is 180 g/mol. The van der Waals surface area contributed by atoms with Crippen molar-refractivity contribution in [2.24, 2.45) is 0 Å². The minimum atomic E-state index is 0.558. The van der Waals surface area contributed by atoms with Crippen molar-refractivity contribution in [3.63, 3.8) is 0 Å². The summed E-state index contributed by atoms with van der Waals surface area (Å²) < 4.78 is 5.10. The molecule has 76 valence electrons. The third kappa shape index (κ3) is 2.40. The van der Waals surface area contributed by atoms with E-state index in [0.717, 1.165) is 37.3 Å². The minimum absolute atomic E-state index is 0.558. The molecule has 1 fully saturated rings. The van der Waals surface area contributed by atoms with Crippen LogP contribution in [0.5, 0.6) is 0 Å². The zero-order valence-electron chi connectivity index (χ0n) is 8.11. The quantitative estimate of drug-likeness (QED) is 0.512. The number of hydrogen-bond donors (Lipinski definition) is 0. The Labute approximate surface area is 82.7 Å². The van der Waals surface area contributed by atoms with Crippen molar-refractivity contribution in [1.29, 1.82) is 0 Å². The molecule has 0 saturated heterocycles. The molecule has 0 radical (unpaired) electrons. The SMILES string of the molecule is O=CCCCCc1nc(C2CC2)no1. The summed E-state index contributed by atoms with van der Waals surface area (Å²) in [5, 5.41) is 3.92. The van der Waals surface area contributed by atoms with Gasteiger partial charge in [0.05, 0.1) is 0 Å². The van der Waals surface area contributed by atoms with Crippen LogP contribution in [0.25, 0.3) is 0 Å². The Bertz CT molecular complexity index is 305. The minimum Gasteiger partial charge on any atom is -0.339 e. The second-order valence-electron chi connectivity index (χ2n) is 3.73. The second kappa shape index (κ2) is 4.35. The van der Waals surface area contributed by atoms with E-state index in [9.17, 15) is 4.79 Å². The van der Waals surface area contributed by atoms with Crippen molar-refractivity contribution in [3.05, 3.63) is 11.7 Å². The van der Waals surface area contributed by atoms with E-state index >= 15 is 0 Å². The maximum atomic E-state index is 10.1. The van der Waals surface area contributed by atoms with Gasteiger partial charge in [0.1, 0.15) is 6.29 Å². The van der Waals surface area contributed by atoms with Gasteiger partial charge in [-0.2, -0.15) is 4.98 Å². The van der Waals surface area contributed by atoms with E-state index < -0.39 is 0 Å². The van der Waals surface area contributed by atoms with Crippen LogP contribution in [-0.2, 0) is 11.2 Å². The van der Waals surface area contributed by atoms with E-state index in [-0.39, 0.29) is 0 Å². The maximum absolute atomic E-state index is 10.1. The van der Waals surface area contributed by atoms with Crippen LogP contribution >= 0.6 is 0 Å². The lowest BCUT2D eigenvalue weighted by Crippen LogP contribution is -1.87. The molecule has 1 aromatic heterocycles. The Morgan fingerprint density at radius 1 is 1.43 bits per heavy atom. The fourth-order valence-corrected chi connectivity index (χ4v) is 1.38. The number of unbranched alkanes of at least 4 members (excludes halogenated alkanes) is 2. The zero-order chi connectivity index (χ0) is 9.80. The van der Waals surface area contributed by atoms with E-state index in [1.54, 1.807) is 0 Å². The van der Waals surface area contributed by atoms with Crippen molar-refractivity contribution >= 4 is 6.29 Å². The van der Waals surface area contributed by atoms with Gasteiger partial charge in [-0.3, -0.25) is 0 Å². The summed E-state index contributed by atoms with van der Waals surface area (Å²) in [6, 6.07) is 0. The summed E-state index contributed by atoms with van der Waals surface area (Å²) in [4.78, 5) is 14.4. The fraction of sp³-hybridized carbons (Fsp3) is 0.700. The number of aryl methyl sites for hydroxylation is 1. The average Bonchev–Trinajstić information content (AvgIpc) is 2.94. The van der Waals surface area contributed by atoms with Crippen LogP contribution < -0.4 is 0 Å². The van der Waals surface area contributed by atoms with Gasteiger partial charge in [0.15, 0.2) is 5.82 Å². The third-order valence-corrected chi connectivity index (χ3v) is 2.39. The van der Waals surface area contributed by atoms with Gasteiger partial charge >= 0.3 is 0 Å². The largest absolute Gasteiger partial charge is 0.339 e. The molecule has 1 aromatic rings. The first-order valence-corrected chi connectivity index (χ1v) is 5.16. The monoisotopic (exact) mass is 194 g/mol. The molecule has 2 rings (SSSR count). The Hall–Kier alpha value is -1.19. The van der Waals surface area contributed by atoms with Gasteiger partial charge in [0.25, 0.3) is 0 Å². The highest BCUT2D eigenvalue weighted by molar-refractivity contribution is 5.48. The molecule has 0 amide bonds. The van der Waals surface area contributed by atoms with Gasteiger partial charge in [0.2, 0.25) is 5.89 Å². The maximum Gasteiger partial charge on any atom is 0.226 e. The summed E-state index contributed by atoms with van der Waals surface area (Å²) in [5.74, 6) is 2.15. The molecule has 4 heteroatoms. The number of carbonyl (C=O) groups excluding carboxylic acids is 1. The van der Waals surface area contributed by atoms with Gasteiger partial charge in [-0.1, -0.05) is 5.16 Å². The molecule has 14 heavy (non-hydrogen) atoms. The molecule has 0 aromatic carbocycles. The summed E-state index contributed by atoms with van der Waals surface area (Å²) in [7, 11) is 0. The molecule has 1 heterocycles. The third-order valence-electron chi connectivity index (χ3n) is 2.39. The molecule has 0 atom stereocenters. The fourth-order valence-electron chi connectivity index (χ4n) is 1.38. The first-order chi connectivity index (χ1) is 6.90. The number of aldehydes is 1. The van der Waals surface area contributed by atoms with Crippen LogP contribution in [0.2, 0.25) is 0 Å². The van der Waals surface area contributed by atoms with Crippen molar-refractivity contribution in [2.75, 3.05) is 0 Å². The molecule has 1 aliphatic carbocycles. The summed E-state index contributed by atoms with van der Waals surface area (Å²) in [6.45, 7) is 0. The molecule has 4 nitrogen and oxygen atoms in total. The normalized spacial score (nSPS) is 15.7. The van der Waals surface area contributed by atoms with Crippen molar-refractivity contribution < 1.29 is 9.32 Å². The van der Waals surface area contributed by atoms with Gasteiger partial charge in [-0.15, -0.1) is 0 Å². The predicted molar refractivity (Wildman–Crippen MR) is 49.9 cm³/mol. The van der Waals surface area contributed by atoms with Crippen LogP contribution in [0.15, 0.2) is 4.52 Å². The first kappa shape index (κ1) is 9.37. The average molecular weight is 194 g/mol. The molecule has 1 saturated carbocycles. The highest BCUT2D eigenvalue weighted by atomic mass is 16.5. The lowest BCUT2D eigenvalue weighted by Gasteiger charge is -1.90. The number of hydrogen-bond acceptors (Lipinski definition) is 4. The molecular formula is C10H14N2O2. The molecule has 0 spiro atoms. The smallest absolute Gasteiger partial charge is 0.226 e. The standard InChI is InChI=1S/C10H14N2O2/c13-7-3-1-2-4-9-11-10(12-14-9)8-5-6-8/h7-8H,1-6H2. The number of rotatable bonds is 6. The molecule has 0 unspecified atom stereocenters. The Balaban J connectivity index is 1.75. The highest BCUT2D eigenvalue weighted by Crippen LogP contribution is 2.38. The predicted octanol–water partition coefficient (Wildman–Crippen LogP) is 1.86.